The first kappa shape index (κ1) is 14.3. The van der Waals surface area contributed by atoms with Crippen molar-refractivity contribution in [2.24, 2.45) is 0 Å². The van der Waals surface area contributed by atoms with Crippen LogP contribution in [0.1, 0.15) is 42.0 Å². The summed E-state index contributed by atoms with van der Waals surface area (Å²) in [6, 6.07) is 7.94. The molecule has 0 radical (unpaired) electrons. The molecule has 0 bridgehead atoms. The zero-order valence-corrected chi connectivity index (χ0v) is 12.3. The first-order valence-corrected chi connectivity index (χ1v) is 6.97. The molecule has 106 valence electrons. The maximum absolute atomic E-state index is 12.0. The van der Waals surface area contributed by atoms with Crippen molar-refractivity contribution in [1.29, 1.82) is 0 Å². The van der Waals surface area contributed by atoms with Gasteiger partial charge in [0.15, 0.2) is 0 Å². The van der Waals surface area contributed by atoms with Gasteiger partial charge in [-0.1, -0.05) is 19.1 Å². The van der Waals surface area contributed by atoms with Crippen LogP contribution in [0.15, 0.2) is 36.7 Å². The normalized spacial score (nSPS) is 12.2. The Bertz CT molecular complexity index is 572. The van der Waals surface area contributed by atoms with Crippen LogP contribution in [0.5, 0.6) is 0 Å². The second kappa shape index (κ2) is 6.37. The third kappa shape index (κ3) is 3.47. The van der Waals surface area contributed by atoms with Gasteiger partial charge in [0.1, 0.15) is 5.82 Å². The van der Waals surface area contributed by atoms with E-state index >= 15 is 0 Å². The van der Waals surface area contributed by atoms with E-state index in [1.165, 1.54) is 0 Å². The van der Waals surface area contributed by atoms with Crippen LogP contribution in [0.2, 0.25) is 0 Å². The van der Waals surface area contributed by atoms with Crippen molar-refractivity contribution >= 4 is 5.91 Å². The van der Waals surface area contributed by atoms with E-state index < -0.39 is 0 Å². The minimum absolute atomic E-state index is 0.00953. The Morgan fingerprint density at radius 2 is 2.05 bits per heavy atom. The minimum Gasteiger partial charge on any atom is -0.350 e. The number of nitrogens with one attached hydrogen (secondary N) is 1. The molecule has 0 spiro atoms. The van der Waals surface area contributed by atoms with E-state index in [4.69, 9.17) is 0 Å². The maximum atomic E-state index is 12.0. The summed E-state index contributed by atoms with van der Waals surface area (Å²) in [6.07, 6.45) is 4.69. The highest BCUT2D eigenvalue weighted by atomic mass is 16.1. The molecule has 4 nitrogen and oxygen atoms in total. The maximum Gasteiger partial charge on any atom is 0.251 e. The second-order valence-corrected chi connectivity index (χ2v) is 5.08. The summed E-state index contributed by atoms with van der Waals surface area (Å²) < 4.78 is 2.08. The van der Waals surface area contributed by atoms with Crippen molar-refractivity contribution in [3.63, 3.8) is 0 Å². The van der Waals surface area contributed by atoms with Gasteiger partial charge in [0.05, 0.1) is 0 Å². The van der Waals surface area contributed by atoms with Crippen molar-refractivity contribution < 1.29 is 4.79 Å². The molecular weight excluding hydrogens is 250 g/mol. The van der Waals surface area contributed by atoms with Gasteiger partial charge in [0, 0.05) is 30.5 Å². The van der Waals surface area contributed by atoms with Gasteiger partial charge in [-0.2, -0.15) is 0 Å². The fourth-order valence-corrected chi connectivity index (χ4v) is 1.94. The van der Waals surface area contributed by atoms with E-state index in [9.17, 15) is 4.79 Å². The SMILES string of the molecule is CCC(C)NC(=O)c1ccc(Cn2ccnc2C)cc1. The molecule has 2 aromatic rings. The van der Waals surface area contributed by atoms with Crippen LogP contribution in [0, 0.1) is 6.92 Å². The molecule has 1 heterocycles. The molecule has 1 N–H and O–H groups in total. The van der Waals surface area contributed by atoms with Crippen molar-refractivity contribution in [3.8, 4) is 0 Å². The molecule has 1 amide bonds. The number of carbonyl (C=O) groups is 1. The highest BCUT2D eigenvalue weighted by Crippen LogP contribution is 2.08. The standard InChI is InChI=1S/C16H21N3O/c1-4-12(2)18-16(20)15-7-5-14(6-8-15)11-19-10-9-17-13(19)3/h5-10,12H,4,11H2,1-3H3,(H,18,20). The molecule has 0 aliphatic heterocycles. The van der Waals surface area contributed by atoms with Crippen LogP contribution < -0.4 is 5.32 Å². The lowest BCUT2D eigenvalue weighted by atomic mass is 10.1. The molecule has 0 fully saturated rings. The molecule has 1 aromatic heterocycles. The molecule has 4 heteroatoms. The number of rotatable bonds is 5. The van der Waals surface area contributed by atoms with Crippen LogP contribution in [0.3, 0.4) is 0 Å². The van der Waals surface area contributed by atoms with Gasteiger partial charge in [-0.25, -0.2) is 4.98 Å². The van der Waals surface area contributed by atoms with E-state index in [2.05, 4.69) is 21.8 Å². The topological polar surface area (TPSA) is 46.9 Å². The van der Waals surface area contributed by atoms with Gasteiger partial charge >= 0.3 is 0 Å². The predicted molar refractivity (Wildman–Crippen MR) is 79.7 cm³/mol. The zero-order chi connectivity index (χ0) is 14.5. The summed E-state index contributed by atoms with van der Waals surface area (Å²) in [4.78, 5) is 16.2. The summed E-state index contributed by atoms with van der Waals surface area (Å²) in [7, 11) is 0. The molecule has 0 aliphatic carbocycles. The molecule has 1 unspecified atom stereocenters. The van der Waals surface area contributed by atoms with Gasteiger partial charge in [0.2, 0.25) is 0 Å². The summed E-state index contributed by atoms with van der Waals surface area (Å²) in [5.74, 6) is 0.980. The minimum atomic E-state index is -0.00953. The summed E-state index contributed by atoms with van der Waals surface area (Å²) in [6.45, 7) is 6.82. The predicted octanol–water partition coefficient (Wildman–Crippen LogP) is 2.77. The van der Waals surface area contributed by atoms with E-state index in [1.807, 2.05) is 44.3 Å². The van der Waals surface area contributed by atoms with Gasteiger partial charge in [-0.15, -0.1) is 0 Å². The zero-order valence-electron chi connectivity index (χ0n) is 12.3. The summed E-state index contributed by atoms with van der Waals surface area (Å²) >= 11 is 0. The Morgan fingerprint density at radius 3 is 2.60 bits per heavy atom. The highest BCUT2D eigenvalue weighted by Gasteiger charge is 2.08. The molecular formula is C16H21N3O. The number of aryl methyl sites for hydroxylation is 1. The van der Waals surface area contributed by atoms with E-state index in [0.29, 0.717) is 5.56 Å². The van der Waals surface area contributed by atoms with Crippen molar-refractivity contribution in [2.75, 3.05) is 0 Å². The van der Waals surface area contributed by atoms with Crippen molar-refractivity contribution in [3.05, 3.63) is 53.6 Å². The van der Waals surface area contributed by atoms with Gasteiger partial charge < -0.3 is 9.88 Å². The molecule has 1 atom stereocenters. The molecule has 0 aliphatic rings. The molecule has 2 rings (SSSR count). The van der Waals surface area contributed by atoms with E-state index in [0.717, 1.165) is 24.4 Å². The van der Waals surface area contributed by atoms with E-state index in [1.54, 1.807) is 6.20 Å². The molecule has 20 heavy (non-hydrogen) atoms. The summed E-state index contributed by atoms with van der Waals surface area (Å²) in [5, 5.41) is 2.97. The number of imidazole rings is 1. The first-order chi connectivity index (χ1) is 9.60. The van der Waals surface area contributed by atoms with E-state index in [-0.39, 0.29) is 11.9 Å². The number of amides is 1. The quantitative estimate of drug-likeness (QED) is 0.909. The molecule has 1 aromatic carbocycles. The van der Waals surface area contributed by atoms with Crippen LogP contribution in [0.25, 0.3) is 0 Å². The van der Waals surface area contributed by atoms with Crippen LogP contribution in [-0.4, -0.2) is 21.5 Å². The van der Waals surface area contributed by atoms with Crippen LogP contribution in [0.4, 0.5) is 0 Å². The fourth-order valence-electron chi connectivity index (χ4n) is 1.94. The lowest BCUT2D eigenvalue weighted by Crippen LogP contribution is -2.31. The largest absolute Gasteiger partial charge is 0.350 e. The fraction of sp³-hybridized carbons (Fsp3) is 0.375. The first-order valence-electron chi connectivity index (χ1n) is 6.97. The summed E-state index contributed by atoms with van der Waals surface area (Å²) in [5.41, 5.74) is 1.86. The second-order valence-electron chi connectivity index (χ2n) is 5.08. The van der Waals surface area contributed by atoms with Gasteiger partial charge in [-0.3, -0.25) is 4.79 Å². The lowest BCUT2D eigenvalue weighted by molar-refractivity contribution is 0.0939. The number of aromatic nitrogens is 2. The Labute approximate surface area is 119 Å². The third-order valence-electron chi connectivity index (χ3n) is 3.48. The number of benzene rings is 1. The number of nitrogens with zero attached hydrogens (tertiary/aromatic N) is 2. The Hall–Kier alpha value is -2.10. The smallest absolute Gasteiger partial charge is 0.251 e. The number of carbonyl (C=O) groups excluding carboxylic acids is 1. The average Bonchev–Trinajstić information content (AvgIpc) is 2.85. The average molecular weight is 271 g/mol. The monoisotopic (exact) mass is 271 g/mol. The van der Waals surface area contributed by atoms with Gasteiger partial charge in [0.25, 0.3) is 5.91 Å². The third-order valence-corrected chi connectivity index (χ3v) is 3.48. The van der Waals surface area contributed by atoms with Crippen molar-refractivity contribution in [1.82, 2.24) is 14.9 Å². The van der Waals surface area contributed by atoms with Crippen molar-refractivity contribution in [2.45, 2.75) is 39.8 Å². The molecule has 0 saturated carbocycles. The Morgan fingerprint density at radius 1 is 1.35 bits per heavy atom. The number of hydrogen-bond donors (Lipinski definition) is 1. The van der Waals surface area contributed by atoms with Gasteiger partial charge in [-0.05, 0) is 38.0 Å². The van der Waals surface area contributed by atoms with Crippen LogP contribution >= 0.6 is 0 Å². The Kier molecular flexibility index (Phi) is 4.56. The molecule has 0 saturated heterocycles. The highest BCUT2D eigenvalue weighted by molar-refractivity contribution is 5.94. The lowest BCUT2D eigenvalue weighted by Gasteiger charge is -2.11. The Balaban J connectivity index is 2.03. The number of hydrogen-bond acceptors (Lipinski definition) is 2. The van der Waals surface area contributed by atoms with Crippen LogP contribution in [-0.2, 0) is 6.54 Å².